The smallest absolute Gasteiger partial charge is 0.237 e. The first kappa shape index (κ1) is 14.9. The Hall–Kier alpha value is -3.07. The number of nitrogens with zero attached hydrogens (tertiary/aromatic N) is 3. The molecule has 0 saturated carbocycles. The van der Waals surface area contributed by atoms with Crippen LogP contribution in [0.1, 0.15) is 24.1 Å². The second-order valence-electron chi connectivity index (χ2n) is 4.95. The van der Waals surface area contributed by atoms with E-state index in [-0.39, 0.29) is 0 Å². The summed E-state index contributed by atoms with van der Waals surface area (Å²) in [5.74, 6) is 1.64. The number of anilines is 2. The zero-order chi connectivity index (χ0) is 16.1. The number of hydrogen-bond donors (Lipinski definition) is 1. The lowest BCUT2D eigenvalue weighted by atomic mass is 10.1. The largest absolute Gasteiger partial charge is 0.492 e. The molecule has 0 unspecified atom stereocenters. The highest BCUT2D eigenvalue weighted by molar-refractivity contribution is 5.69. The molecule has 0 bridgehead atoms. The van der Waals surface area contributed by atoms with Crippen LogP contribution in [-0.4, -0.2) is 23.7 Å². The topological polar surface area (TPSA) is 80.1 Å². The van der Waals surface area contributed by atoms with Crippen LogP contribution in [0.15, 0.2) is 36.5 Å². The Kier molecular flexibility index (Phi) is 4.39. The standard InChI is InChI=1S/C17H16N4O2/c1-22-17-14(5-4-9-19-17)21-16-12(11-18)7-8-13(20-16)15-6-2-3-10-23-15/h4-9H,2-3,10H2,1H3,(H,20,21). The summed E-state index contributed by atoms with van der Waals surface area (Å²) < 4.78 is 10.9. The first-order chi connectivity index (χ1) is 11.3. The van der Waals surface area contributed by atoms with Gasteiger partial charge in [0.15, 0.2) is 0 Å². The molecular formula is C17H16N4O2. The fourth-order valence-corrected chi connectivity index (χ4v) is 2.29. The van der Waals surface area contributed by atoms with Gasteiger partial charge in [-0.25, -0.2) is 9.97 Å². The molecule has 3 rings (SSSR count). The molecular weight excluding hydrogens is 292 g/mol. The number of aromatic nitrogens is 2. The second kappa shape index (κ2) is 6.79. The average molecular weight is 308 g/mol. The molecule has 0 fully saturated rings. The molecule has 3 heterocycles. The van der Waals surface area contributed by atoms with E-state index in [0.717, 1.165) is 18.6 Å². The van der Waals surface area contributed by atoms with Crippen molar-refractivity contribution in [2.75, 3.05) is 19.0 Å². The Morgan fingerprint density at radius 1 is 1.35 bits per heavy atom. The van der Waals surface area contributed by atoms with Crippen molar-refractivity contribution in [3.8, 4) is 11.9 Å². The summed E-state index contributed by atoms with van der Waals surface area (Å²) >= 11 is 0. The monoisotopic (exact) mass is 308 g/mol. The predicted molar refractivity (Wildman–Crippen MR) is 86.2 cm³/mol. The molecule has 2 aromatic rings. The van der Waals surface area contributed by atoms with Crippen LogP contribution >= 0.6 is 0 Å². The van der Waals surface area contributed by atoms with Crippen molar-refractivity contribution in [2.45, 2.75) is 12.8 Å². The molecule has 1 aliphatic rings. The quantitative estimate of drug-likeness (QED) is 0.934. The first-order valence-corrected chi connectivity index (χ1v) is 7.32. The normalized spacial score (nSPS) is 13.5. The molecule has 6 nitrogen and oxygen atoms in total. The number of hydrogen-bond acceptors (Lipinski definition) is 6. The average Bonchev–Trinajstić information content (AvgIpc) is 2.63. The molecule has 23 heavy (non-hydrogen) atoms. The fraction of sp³-hybridized carbons (Fsp3) is 0.235. The van der Waals surface area contributed by atoms with E-state index >= 15 is 0 Å². The lowest BCUT2D eigenvalue weighted by Crippen LogP contribution is -2.05. The summed E-state index contributed by atoms with van der Waals surface area (Å²) in [6.07, 6.45) is 5.64. The van der Waals surface area contributed by atoms with E-state index in [9.17, 15) is 5.26 Å². The van der Waals surface area contributed by atoms with Crippen LogP contribution in [0.4, 0.5) is 11.5 Å². The molecule has 2 aromatic heterocycles. The van der Waals surface area contributed by atoms with Crippen LogP contribution in [0.2, 0.25) is 0 Å². The van der Waals surface area contributed by atoms with Crippen LogP contribution in [0.25, 0.3) is 5.76 Å². The minimum Gasteiger partial charge on any atom is -0.492 e. The number of allylic oxidation sites excluding steroid dienone is 1. The van der Waals surface area contributed by atoms with Crippen molar-refractivity contribution in [1.82, 2.24) is 9.97 Å². The second-order valence-corrected chi connectivity index (χ2v) is 4.95. The number of nitrogens with one attached hydrogen (secondary N) is 1. The van der Waals surface area contributed by atoms with Crippen LogP contribution in [-0.2, 0) is 4.74 Å². The Bertz CT molecular complexity index is 780. The lowest BCUT2D eigenvalue weighted by Gasteiger charge is -2.16. The summed E-state index contributed by atoms with van der Waals surface area (Å²) in [6.45, 7) is 0.687. The summed E-state index contributed by atoms with van der Waals surface area (Å²) in [7, 11) is 1.54. The molecule has 116 valence electrons. The zero-order valence-electron chi connectivity index (χ0n) is 12.7. The Labute approximate surface area is 134 Å². The van der Waals surface area contributed by atoms with E-state index in [1.807, 2.05) is 12.1 Å². The third kappa shape index (κ3) is 3.24. The number of methoxy groups -OCH3 is 1. The Morgan fingerprint density at radius 2 is 2.26 bits per heavy atom. The summed E-state index contributed by atoms with van der Waals surface area (Å²) in [6, 6.07) is 9.26. The molecule has 1 N–H and O–H groups in total. The molecule has 0 saturated heterocycles. The van der Waals surface area contributed by atoms with Gasteiger partial charge in [0, 0.05) is 6.20 Å². The van der Waals surface area contributed by atoms with Gasteiger partial charge in [-0.15, -0.1) is 0 Å². The molecule has 0 atom stereocenters. The van der Waals surface area contributed by atoms with Gasteiger partial charge in [0.25, 0.3) is 0 Å². The highest BCUT2D eigenvalue weighted by Gasteiger charge is 2.14. The molecule has 0 aliphatic carbocycles. The van der Waals surface area contributed by atoms with Gasteiger partial charge in [0.1, 0.15) is 29.0 Å². The van der Waals surface area contributed by atoms with E-state index in [4.69, 9.17) is 9.47 Å². The maximum Gasteiger partial charge on any atom is 0.237 e. The van der Waals surface area contributed by atoms with Crippen molar-refractivity contribution >= 4 is 17.3 Å². The maximum absolute atomic E-state index is 9.30. The van der Waals surface area contributed by atoms with Crippen LogP contribution in [0.5, 0.6) is 5.88 Å². The summed E-state index contributed by atoms with van der Waals surface area (Å²) in [5, 5.41) is 12.4. The third-order valence-corrected chi connectivity index (χ3v) is 3.42. The molecule has 0 spiro atoms. The van der Waals surface area contributed by atoms with Crippen molar-refractivity contribution in [1.29, 1.82) is 5.26 Å². The number of rotatable bonds is 4. The van der Waals surface area contributed by atoms with E-state index in [2.05, 4.69) is 21.4 Å². The number of pyridine rings is 2. The van der Waals surface area contributed by atoms with E-state index in [0.29, 0.717) is 35.2 Å². The molecule has 1 aliphatic heterocycles. The fourth-order valence-electron chi connectivity index (χ4n) is 2.29. The molecule has 0 aromatic carbocycles. The number of ether oxygens (including phenoxy) is 2. The lowest BCUT2D eigenvalue weighted by molar-refractivity contribution is 0.257. The van der Waals surface area contributed by atoms with Crippen molar-refractivity contribution in [3.05, 3.63) is 47.8 Å². The van der Waals surface area contributed by atoms with E-state index in [1.54, 1.807) is 31.5 Å². The van der Waals surface area contributed by atoms with Crippen molar-refractivity contribution in [3.63, 3.8) is 0 Å². The van der Waals surface area contributed by atoms with Gasteiger partial charge < -0.3 is 14.8 Å². The van der Waals surface area contributed by atoms with Gasteiger partial charge in [0.2, 0.25) is 5.88 Å². The Balaban J connectivity index is 1.97. The van der Waals surface area contributed by atoms with Crippen LogP contribution in [0.3, 0.4) is 0 Å². The van der Waals surface area contributed by atoms with Gasteiger partial charge in [-0.2, -0.15) is 5.26 Å². The molecule has 0 amide bonds. The molecule has 6 heteroatoms. The van der Waals surface area contributed by atoms with Crippen LogP contribution < -0.4 is 10.1 Å². The molecule has 0 radical (unpaired) electrons. The van der Waals surface area contributed by atoms with Gasteiger partial charge >= 0.3 is 0 Å². The van der Waals surface area contributed by atoms with Gasteiger partial charge in [0.05, 0.1) is 19.3 Å². The SMILES string of the molecule is COc1ncccc1Nc1nc(C2=CCCCO2)ccc1C#N. The van der Waals surface area contributed by atoms with Crippen molar-refractivity contribution in [2.24, 2.45) is 0 Å². The maximum atomic E-state index is 9.30. The summed E-state index contributed by atoms with van der Waals surface area (Å²) in [5.41, 5.74) is 1.79. The van der Waals surface area contributed by atoms with Gasteiger partial charge in [-0.05, 0) is 43.2 Å². The van der Waals surface area contributed by atoms with Crippen LogP contribution in [0, 0.1) is 11.3 Å². The first-order valence-electron chi connectivity index (χ1n) is 7.32. The van der Waals surface area contributed by atoms with Gasteiger partial charge in [-0.3, -0.25) is 0 Å². The Morgan fingerprint density at radius 3 is 3.00 bits per heavy atom. The minimum absolute atomic E-state index is 0.441. The third-order valence-electron chi connectivity index (χ3n) is 3.42. The van der Waals surface area contributed by atoms with E-state index < -0.39 is 0 Å². The van der Waals surface area contributed by atoms with E-state index in [1.165, 1.54) is 0 Å². The zero-order valence-corrected chi connectivity index (χ0v) is 12.7. The predicted octanol–water partition coefficient (Wildman–Crippen LogP) is 3.25. The van der Waals surface area contributed by atoms with Gasteiger partial charge in [-0.1, -0.05) is 0 Å². The highest BCUT2D eigenvalue weighted by Crippen LogP contribution is 2.28. The minimum atomic E-state index is 0.441. The highest BCUT2D eigenvalue weighted by atomic mass is 16.5. The number of nitriles is 1. The summed E-state index contributed by atoms with van der Waals surface area (Å²) in [4.78, 5) is 8.66. The van der Waals surface area contributed by atoms with Crippen molar-refractivity contribution < 1.29 is 9.47 Å².